The Balaban J connectivity index is 1.35. The van der Waals surface area contributed by atoms with Crippen molar-refractivity contribution >= 4 is 29.1 Å². The first kappa shape index (κ1) is 16.7. The summed E-state index contributed by atoms with van der Waals surface area (Å²) in [5, 5.41) is 0.753. The van der Waals surface area contributed by atoms with Gasteiger partial charge in [-0.05, 0) is 49.4 Å². The van der Waals surface area contributed by atoms with Gasteiger partial charge in [-0.3, -0.25) is 9.59 Å². The monoisotopic (exact) mass is 361 g/mol. The summed E-state index contributed by atoms with van der Waals surface area (Å²) < 4.78 is 0. The zero-order valence-corrected chi connectivity index (χ0v) is 15.2. The normalized spacial score (nSPS) is 20.4. The van der Waals surface area contributed by atoms with Crippen LogP contribution < -0.4 is 4.90 Å². The summed E-state index contributed by atoms with van der Waals surface area (Å²) in [4.78, 5) is 30.8. The van der Waals surface area contributed by atoms with E-state index in [1.807, 2.05) is 28.0 Å². The first-order valence-corrected chi connectivity index (χ1v) is 9.59. The van der Waals surface area contributed by atoms with Gasteiger partial charge in [-0.15, -0.1) is 0 Å². The van der Waals surface area contributed by atoms with Gasteiger partial charge in [0.2, 0.25) is 11.8 Å². The highest BCUT2D eigenvalue weighted by Crippen LogP contribution is 2.31. The van der Waals surface area contributed by atoms with Gasteiger partial charge in [-0.25, -0.2) is 0 Å². The molecule has 25 heavy (non-hydrogen) atoms. The number of nitrogens with zero attached hydrogens (tertiary/aromatic N) is 3. The fraction of sp³-hybridized carbons (Fsp3) is 0.579. The number of rotatable bonds is 3. The number of piperazine rings is 1. The molecule has 2 heterocycles. The lowest BCUT2D eigenvalue weighted by Crippen LogP contribution is -2.53. The molecule has 1 aromatic carbocycles. The van der Waals surface area contributed by atoms with E-state index < -0.39 is 0 Å². The van der Waals surface area contributed by atoms with Gasteiger partial charge in [0.25, 0.3) is 0 Å². The lowest BCUT2D eigenvalue weighted by Gasteiger charge is -2.37. The average Bonchev–Trinajstić information content (AvgIpc) is 3.46. The number of hydrogen-bond acceptors (Lipinski definition) is 3. The Labute approximate surface area is 153 Å². The van der Waals surface area contributed by atoms with Crippen LogP contribution in [-0.4, -0.2) is 60.9 Å². The van der Waals surface area contributed by atoms with Crippen LogP contribution in [0.25, 0.3) is 0 Å². The molecule has 0 radical (unpaired) electrons. The van der Waals surface area contributed by atoms with Gasteiger partial charge < -0.3 is 14.7 Å². The maximum absolute atomic E-state index is 12.7. The van der Waals surface area contributed by atoms with Crippen molar-refractivity contribution in [1.82, 2.24) is 9.80 Å². The molecule has 0 atom stereocenters. The van der Waals surface area contributed by atoms with E-state index in [4.69, 9.17) is 11.6 Å². The largest absolute Gasteiger partial charge is 0.362 e. The number of benzene rings is 1. The van der Waals surface area contributed by atoms with Crippen molar-refractivity contribution in [1.29, 1.82) is 0 Å². The molecule has 4 rings (SSSR count). The van der Waals surface area contributed by atoms with E-state index in [-0.39, 0.29) is 17.7 Å². The quantitative estimate of drug-likeness (QED) is 0.828. The van der Waals surface area contributed by atoms with Crippen LogP contribution in [-0.2, 0) is 16.0 Å². The summed E-state index contributed by atoms with van der Waals surface area (Å²) in [5.74, 6) is 0.703. The first-order valence-electron chi connectivity index (χ1n) is 9.22. The van der Waals surface area contributed by atoms with Crippen LogP contribution in [0.4, 0.5) is 5.69 Å². The van der Waals surface area contributed by atoms with Crippen LogP contribution in [0.3, 0.4) is 0 Å². The van der Waals surface area contributed by atoms with Crippen molar-refractivity contribution in [3.8, 4) is 0 Å². The van der Waals surface area contributed by atoms with Gasteiger partial charge >= 0.3 is 0 Å². The highest BCUT2D eigenvalue weighted by atomic mass is 35.5. The molecule has 1 saturated carbocycles. The predicted octanol–water partition coefficient (Wildman–Crippen LogP) is 2.17. The Morgan fingerprint density at radius 2 is 1.76 bits per heavy atom. The van der Waals surface area contributed by atoms with Crippen molar-refractivity contribution in [2.75, 3.05) is 44.2 Å². The molecule has 2 fully saturated rings. The summed E-state index contributed by atoms with van der Waals surface area (Å²) in [5.41, 5.74) is 2.36. The van der Waals surface area contributed by atoms with E-state index in [1.54, 1.807) is 0 Å². The van der Waals surface area contributed by atoms with E-state index >= 15 is 0 Å². The molecular weight excluding hydrogens is 338 g/mol. The van der Waals surface area contributed by atoms with Gasteiger partial charge in [0.15, 0.2) is 0 Å². The summed E-state index contributed by atoms with van der Waals surface area (Å²) in [6, 6.07) is 5.93. The molecule has 2 aliphatic heterocycles. The number of carbonyl (C=O) groups is 2. The standard InChI is InChI=1S/C19H24ClN3O2/c20-16-5-6-17-15(12-16)2-1-7-23(17)13-18(24)21-8-10-22(11-9-21)19(25)14-3-4-14/h5-6,12,14H,1-4,7-11,13H2. The Morgan fingerprint density at radius 3 is 2.48 bits per heavy atom. The molecule has 134 valence electrons. The SMILES string of the molecule is O=C(CN1CCCc2cc(Cl)ccc21)N1CCN(C(=O)C2CC2)CC1. The Kier molecular flexibility index (Phi) is 4.59. The minimum Gasteiger partial charge on any atom is -0.362 e. The molecule has 1 aromatic rings. The molecule has 1 aliphatic carbocycles. The van der Waals surface area contributed by atoms with Gasteiger partial charge in [0.1, 0.15) is 0 Å². The molecule has 2 amide bonds. The highest BCUT2D eigenvalue weighted by Gasteiger charge is 2.35. The van der Waals surface area contributed by atoms with Crippen molar-refractivity contribution in [2.24, 2.45) is 5.92 Å². The van der Waals surface area contributed by atoms with Gasteiger partial charge in [0, 0.05) is 49.4 Å². The fourth-order valence-electron chi connectivity index (χ4n) is 3.84. The van der Waals surface area contributed by atoms with E-state index in [9.17, 15) is 9.59 Å². The molecule has 0 unspecified atom stereocenters. The molecule has 0 aromatic heterocycles. The van der Waals surface area contributed by atoms with E-state index in [0.717, 1.165) is 42.9 Å². The van der Waals surface area contributed by atoms with Crippen LogP contribution in [0.15, 0.2) is 18.2 Å². The third-order valence-corrected chi connectivity index (χ3v) is 5.69. The zero-order valence-electron chi connectivity index (χ0n) is 14.4. The smallest absolute Gasteiger partial charge is 0.242 e. The third kappa shape index (κ3) is 3.61. The maximum atomic E-state index is 12.7. The topological polar surface area (TPSA) is 43.9 Å². The fourth-order valence-corrected chi connectivity index (χ4v) is 4.03. The number of halogens is 1. The number of hydrogen-bond donors (Lipinski definition) is 0. The second-order valence-electron chi connectivity index (χ2n) is 7.28. The lowest BCUT2D eigenvalue weighted by molar-refractivity contribution is -0.139. The minimum absolute atomic E-state index is 0.154. The third-order valence-electron chi connectivity index (χ3n) is 5.45. The Morgan fingerprint density at radius 1 is 1.04 bits per heavy atom. The number of amides is 2. The van der Waals surface area contributed by atoms with Crippen LogP contribution in [0.1, 0.15) is 24.8 Å². The van der Waals surface area contributed by atoms with Gasteiger partial charge in [0.05, 0.1) is 6.54 Å². The van der Waals surface area contributed by atoms with Gasteiger partial charge in [-0.2, -0.15) is 0 Å². The van der Waals surface area contributed by atoms with Crippen molar-refractivity contribution in [2.45, 2.75) is 25.7 Å². The van der Waals surface area contributed by atoms with Crippen molar-refractivity contribution in [3.05, 3.63) is 28.8 Å². The van der Waals surface area contributed by atoms with Crippen LogP contribution >= 0.6 is 11.6 Å². The number of carbonyl (C=O) groups excluding carboxylic acids is 2. The molecule has 0 spiro atoms. The second-order valence-corrected chi connectivity index (χ2v) is 7.71. The summed E-state index contributed by atoms with van der Waals surface area (Å²) >= 11 is 6.09. The molecule has 0 bridgehead atoms. The van der Waals surface area contributed by atoms with Gasteiger partial charge in [-0.1, -0.05) is 11.6 Å². The van der Waals surface area contributed by atoms with Crippen molar-refractivity contribution in [3.63, 3.8) is 0 Å². The van der Waals surface area contributed by atoms with E-state index in [1.165, 1.54) is 5.56 Å². The lowest BCUT2D eigenvalue weighted by atomic mass is 10.0. The van der Waals surface area contributed by atoms with Crippen LogP contribution in [0.2, 0.25) is 5.02 Å². The summed E-state index contributed by atoms with van der Waals surface area (Å²) in [6.07, 6.45) is 4.14. The minimum atomic E-state index is 0.154. The van der Waals surface area contributed by atoms with E-state index in [0.29, 0.717) is 32.7 Å². The zero-order chi connectivity index (χ0) is 17.4. The number of fused-ring (bicyclic) bond motifs is 1. The summed E-state index contributed by atoms with van der Waals surface area (Å²) in [6.45, 7) is 3.96. The second kappa shape index (κ2) is 6.87. The van der Waals surface area contributed by atoms with E-state index in [2.05, 4.69) is 4.90 Å². The Hall–Kier alpha value is -1.75. The molecule has 6 heteroatoms. The number of aryl methyl sites for hydroxylation is 1. The van der Waals surface area contributed by atoms with Crippen LogP contribution in [0, 0.1) is 5.92 Å². The predicted molar refractivity (Wildman–Crippen MR) is 97.9 cm³/mol. The average molecular weight is 362 g/mol. The Bertz CT molecular complexity index is 681. The maximum Gasteiger partial charge on any atom is 0.242 e. The molecule has 5 nitrogen and oxygen atoms in total. The molecular formula is C19H24ClN3O2. The first-order chi connectivity index (χ1) is 12.1. The molecule has 3 aliphatic rings. The molecule has 1 saturated heterocycles. The highest BCUT2D eigenvalue weighted by molar-refractivity contribution is 6.30. The van der Waals surface area contributed by atoms with Crippen molar-refractivity contribution < 1.29 is 9.59 Å². The summed E-state index contributed by atoms with van der Waals surface area (Å²) in [7, 11) is 0. The number of anilines is 1. The molecule has 0 N–H and O–H groups in total. The van der Waals surface area contributed by atoms with Crippen LogP contribution in [0.5, 0.6) is 0 Å².